The number of hydrogen-bond acceptors (Lipinski definition) is 4. The van der Waals surface area contributed by atoms with E-state index >= 15 is 0 Å². The maximum atomic E-state index is 14.6. The molecule has 0 bridgehead atoms. The van der Waals surface area contributed by atoms with Gasteiger partial charge in [-0.3, -0.25) is 14.4 Å². The van der Waals surface area contributed by atoms with Crippen LogP contribution >= 0.6 is 0 Å². The fourth-order valence-electron chi connectivity index (χ4n) is 5.37. The Morgan fingerprint density at radius 3 is 2.00 bits per heavy atom. The molecule has 5 nitrogen and oxygen atoms in total. The largest absolute Gasteiger partial charge is 0.273 e. The van der Waals surface area contributed by atoms with Crippen molar-refractivity contribution in [2.24, 2.45) is 0 Å². The summed E-state index contributed by atoms with van der Waals surface area (Å²) in [6, 6.07) is 31.2. The Morgan fingerprint density at radius 2 is 1.36 bits per heavy atom. The summed E-state index contributed by atoms with van der Waals surface area (Å²) in [6.07, 6.45) is -1.11. The zero-order chi connectivity index (χ0) is 24.9. The van der Waals surface area contributed by atoms with Crippen LogP contribution in [0.4, 0.5) is 15.8 Å². The Bertz CT molecular complexity index is 1430. The van der Waals surface area contributed by atoms with Gasteiger partial charge in [-0.05, 0) is 54.4 Å². The van der Waals surface area contributed by atoms with Crippen molar-refractivity contribution in [2.75, 3.05) is 9.96 Å². The SMILES string of the molecule is Cc1ccc(N2C(=O)C3ON(c4ccccc4)C(c4ccc(F)cc4)C3(c3ccccc3)C2=O)cc1. The number of para-hydroxylation sites is 1. The molecule has 2 heterocycles. The summed E-state index contributed by atoms with van der Waals surface area (Å²) >= 11 is 0. The molecule has 0 radical (unpaired) electrons. The Labute approximate surface area is 208 Å². The summed E-state index contributed by atoms with van der Waals surface area (Å²) in [5.74, 6) is -1.19. The van der Waals surface area contributed by atoms with Crippen LogP contribution in [0.3, 0.4) is 0 Å². The molecule has 178 valence electrons. The zero-order valence-corrected chi connectivity index (χ0v) is 19.5. The molecule has 0 aliphatic carbocycles. The van der Waals surface area contributed by atoms with Crippen molar-refractivity contribution in [1.82, 2.24) is 0 Å². The van der Waals surface area contributed by atoms with Gasteiger partial charge in [-0.25, -0.2) is 14.4 Å². The van der Waals surface area contributed by atoms with E-state index in [-0.39, 0.29) is 11.7 Å². The number of benzene rings is 4. The van der Waals surface area contributed by atoms with Crippen LogP contribution in [0.25, 0.3) is 0 Å². The van der Waals surface area contributed by atoms with Crippen molar-refractivity contribution >= 4 is 23.2 Å². The molecule has 2 amide bonds. The van der Waals surface area contributed by atoms with Gasteiger partial charge in [0.05, 0.1) is 11.4 Å². The molecule has 0 aromatic heterocycles. The van der Waals surface area contributed by atoms with Crippen molar-refractivity contribution < 1.29 is 18.8 Å². The first-order chi connectivity index (χ1) is 17.5. The van der Waals surface area contributed by atoms with Crippen LogP contribution in [0.1, 0.15) is 22.7 Å². The number of halogens is 1. The minimum Gasteiger partial charge on any atom is -0.273 e. The first kappa shape index (κ1) is 22.2. The summed E-state index contributed by atoms with van der Waals surface area (Å²) in [5.41, 5.74) is 2.14. The third-order valence-corrected chi connectivity index (χ3v) is 7.04. The van der Waals surface area contributed by atoms with E-state index in [9.17, 15) is 14.0 Å². The number of fused-ring (bicyclic) bond motifs is 1. The van der Waals surface area contributed by atoms with Crippen LogP contribution in [0.15, 0.2) is 109 Å². The lowest BCUT2D eigenvalue weighted by atomic mass is 9.69. The normalized spacial score (nSPS) is 23.3. The van der Waals surface area contributed by atoms with Gasteiger partial charge in [0, 0.05) is 0 Å². The van der Waals surface area contributed by atoms with Crippen LogP contribution in [-0.4, -0.2) is 17.9 Å². The molecule has 6 heteroatoms. The molecule has 0 N–H and O–H groups in total. The van der Waals surface area contributed by atoms with Gasteiger partial charge in [-0.2, -0.15) is 0 Å². The third kappa shape index (κ3) is 3.18. The van der Waals surface area contributed by atoms with E-state index in [4.69, 9.17) is 4.84 Å². The number of aryl methyl sites for hydroxylation is 1. The second-order valence-corrected chi connectivity index (χ2v) is 9.15. The smallest absolute Gasteiger partial charge is 0.267 e. The molecule has 3 atom stereocenters. The first-order valence-electron chi connectivity index (χ1n) is 11.8. The number of hydrogen-bond donors (Lipinski definition) is 0. The molecule has 4 aromatic carbocycles. The molecule has 36 heavy (non-hydrogen) atoms. The van der Waals surface area contributed by atoms with Gasteiger partial charge in [0.1, 0.15) is 17.3 Å². The lowest BCUT2D eigenvalue weighted by molar-refractivity contribution is -0.126. The third-order valence-electron chi connectivity index (χ3n) is 7.04. The highest BCUT2D eigenvalue weighted by Crippen LogP contribution is 2.57. The molecule has 0 saturated carbocycles. The van der Waals surface area contributed by atoms with Gasteiger partial charge < -0.3 is 0 Å². The number of carbonyl (C=O) groups excluding carboxylic acids is 2. The van der Waals surface area contributed by atoms with Gasteiger partial charge in [-0.15, -0.1) is 0 Å². The summed E-state index contributed by atoms with van der Waals surface area (Å²) in [5, 5.41) is 1.63. The number of anilines is 2. The van der Waals surface area contributed by atoms with Gasteiger partial charge in [-0.1, -0.05) is 78.4 Å². The number of rotatable bonds is 4. The average molecular weight is 479 g/mol. The zero-order valence-electron chi connectivity index (χ0n) is 19.5. The van der Waals surface area contributed by atoms with E-state index in [1.165, 1.54) is 17.0 Å². The van der Waals surface area contributed by atoms with Crippen LogP contribution in [0, 0.1) is 12.7 Å². The van der Waals surface area contributed by atoms with E-state index in [0.717, 1.165) is 5.56 Å². The minimum absolute atomic E-state index is 0.375. The number of imide groups is 1. The van der Waals surface area contributed by atoms with Gasteiger partial charge in [0.15, 0.2) is 6.10 Å². The fraction of sp³-hybridized carbons (Fsp3) is 0.133. The van der Waals surface area contributed by atoms with Crippen molar-refractivity contribution in [2.45, 2.75) is 24.5 Å². The highest BCUT2D eigenvalue weighted by atomic mass is 19.1. The van der Waals surface area contributed by atoms with Gasteiger partial charge in [0.25, 0.3) is 5.91 Å². The molecular formula is C30H23FN2O3. The Balaban J connectivity index is 1.61. The van der Waals surface area contributed by atoms with E-state index in [0.29, 0.717) is 22.5 Å². The Hall–Kier alpha value is -4.29. The topological polar surface area (TPSA) is 49.9 Å². The fourth-order valence-corrected chi connectivity index (χ4v) is 5.37. The van der Waals surface area contributed by atoms with Crippen molar-refractivity contribution in [1.29, 1.82) is 0 Å². The summed E-state index contributed by atoms with van der Waals surface area (Å²) in [6.45, 7) is 1.95. The summed E-state index contributed by atoms with van der Waals surface area (Å²) in [4.78, 5) is 36.2. The molecule has 3 unspecified atom stereocenters. The Morgan fingerprint density at radius 1 is 0.750 bits per heavy atom. The number of amides is 2. The molecule has 4 aromatic rings. The molecular weight excluding hydrogens is 455 g/mol. The second-order valence-electron chi connectivity index (χ2n) is 9.15. The van der Waals surface area contributed by atoms with Crippen LogP contribution in [0.2, 0.25) is 0 Å². The van der Waals surface area contributed by atoms with E-state index in [1.54, 1.807) is 29.3 Å². The quantitative estimate of drug-likeness (QED) is 0.363. The van der Waals surface area contributed by atoms with E-state index in [2.05, 4.69) is 0 Å². The minimum atomic E-state index is -1.39. The number of hydroxylamine groups is 1. The van der Waals surface area contributed by atoms with Crippen LogP contribution < -0.4 is 9.96 Å². The van der Waals surface area contributed by atoms with E-state index in [1.807, 2.05) is 79.7 Å². The molecule has 2 aliphatic rings. The van der Waals surface area contributed by atoms with E-state index < -0.39 is 23.5 Å². The Kier molecular flexibility index (Phi) is 5.20. The monoisotopic (exact) mass is 478 g/mol. The summed E-state index contributed by atoms with van der Waals surface area (Å²) in [7, 11) is 0. The molecule has 6 rings (SSSR count). The van der Waals surface area contributed by atoms with Crippen LogP contribution in [0.5, 0.6) is 0 Å². The number of carbonyl (C=O) groups is 2. The molecule has 2 saturated heterocycles. The second kappa shape index (κ2) is 8.43. The predicted octanol–water partition coefficient (Wildman–Crippen LogP) is 5.51. The molecule has 2 fully saturated rings. The lowest BCUT2D eigenvalue weighted by Crippen LogP contribution is -2.46. The maximum Gasteiger partial charge on any atom is 0.267 e. The van der Waals surface area contributed by atoms with Crippen LogP contribution in [-0.2, 0) is 19.8 Å². The lowest BCUT2D eigenvalue weighted by Gasteiger charge is -2.35. The predicted molar refractivity (Wildman–Crippen MR) is 135 cm³/mol. The van der Waals surface area contributed by atoms with Crippen molar-refractivity contribution in [3.63, 3.8) is 0 Å². The van der Waals surface area contributed by atoms with Gasteiger partial charge in [0.2, 0.25) is 5.91 Å². The van der Waals surface area contributed by atoms with Crippen molar-refractivity contribution in [3.8, 4) is 0 Å². The first-order valence-corrected chi connectivity index (χ1v) is 11.8. The number of nitrogens with zero attached hydrogens (tertiary/aromatic N) is 2. The summed E-state index contributed by atoms with van der Waals surface area (Å²) < 4.78 is 14.0. The highest BCUT2D eigenvalue weighted by molar-refractivity contribution is 6.28. The molecule has 0 spiro atoms. The van der Waals surface area contributed by atoms with Crippen molar-refractivity contribution in [3.05, 3.63) is 132 Å². The standard InChI is InChI=1S/C30H23FN2O3/c1-20-12-18-24(19-13-20)32-28(34)27-30(29(32)35,22-8-4-2-5-9-22)26(21-14-16-23(31)17-15-21)33(36-27)25-10-6-3-7-11-25/h2-19,26-27H,1H3. The average Bonchev–Trinajstić information content (AvgIpc) is 3.38. The highest BCUT2D eigenvalue weighted by Gasteiger charge is 2.72. The maximum absolute atomic E-state index is 14.6. The molecule has 2 aliphatic heterocycles. The van der Waals surface area contributed by atoms with Gasteiger partial charge >= 0.3 is 0 Å².